The minimum absolute atomic E-state index is 0.151. The van der Waals surface area contributed by atoms with Crippen LogP contribution in [0.3, 0.4) is 0 Å². The van der Waals surface area contributed by atoms with Crippen molar-refractivity contribution in [3.8, 4) is 22.0 Å². The van der Waals surface area contributed by atoms with Crippen LogP contribution in [0, 0.1) is 6.92 Å². The first-order valence-electron chi connectivity index (χ1n) is 12.6. The molecule has 5 rings (SSSR count). The fourth-order valence-corrected chi connectivity index (χ4v) is 5.45. The summed E-state index contributed by atoms with van der Waals surface area (Å²) in [5, 5.41) is 2.36. The van der Waals surface area contributed by atoms with Gasteiger partial charge in [-0.25, -0.2) is 9.78 Å². The molecule has 3 aromatic heterocycles. The lowest BCUT2D eigenvalue weighted by molar-refractivity contribution is 0.0999. The quantitative estimate of drug-likeness (QED) is 0.309. The monoisotopic (exact) mass is 539 g/mol. The van der Waals surface area contributed by atoms with Crippen LogP contribution in [0.4, 0.5) is 0 Å². The van der Waals surface area contributed by atoms with Crippen LogP contribution in [0.2, 0.25) is 0 Å². The van der Waals surface area contributed by atoms with Crippen LogP contribution in [-0.4, -0.2) is 24.6 Å². The molecule has 9 heteroatoms. The second-order valence-electron chi connectivity index (χ2n) is 9.71. The average Bonchev–Trinajstić information content (AvgIpc) is 3.53. The summed E-state index contributed by atoms with van der Waals surface area (Å²) < 4.78 is 4.84. The summed E-state index contributed by atoms with van der Waals surface area (Å²) in [5.74, 6) is -0.510. The van der Waals surface area contributed by atoms with Gasteiger partial charge >= 0.3 is 5.69 Å². The van der Waals surface area contributed by atoms with E-state index in [2.05, 4.69) is 0 Å². The molecular formula is C30H29N5O3S. The summed E-state index contributed by atoms with van der Waals surface area (Å²) in [6.07, 6.45) is 1.60. The van der Waals surface area contributed by atoms with Gasteiger partial charge in [-0.1, -0.05) is 60.7 Å². The number of nitrogens with zero attached hydrogens (tertiary/aromatic N) is 4. The third-order valence-corrected chi connectivity index (χ3v) is 7.62. The molecule has 0 saturated heterocycles. The number of aromatic nitrogens is 4. The first-order valence-corrected chi connectivity index (χ1v) is 13.5. The lowest BCUT2D eigenvalue weighted by atomic mass is 10.2. The lowest BCUT2D eigenvalue weighted by Crippen LogP contribution is -2.41. The Morgan fingerprint density at radius 2 is 1.54 bits per heavy atom. The highest BCUT2D eigenvalue weighted by Gasteiger charge is 2.21. The van der Waals surface area contributed by atoms with Gasteiger partial charge in [-0.05, 0) is 38.0 Å². The van der Waals surface area contributed by atoms with Crippen LogP contribution in [-0.2, 0) is 13.1 Å². The third kappa shape index (κ3) is 5.13. The van der Waals surface area contributed by atoms with E-state index >= 15 is 0 Å². The van der Waals surface area contributed by atoms with Crippen molar-refractivity contribution in [2.24, 2.45) is 5.73 Å². The van der Waals surface area contributed by atoms with Gasteiger partial charge in [0.1, 0.15) is 5.01 Å². The molecular weight excluding hydrogens is 510 g/mol. The molecule has 0 radical (unpaired) electrons. The third-order valence-electron chi connectivity index (χ3n) is 6.75. The highest BCUT2D eigenvalue weighted by Crippen LogP contribution is 2.31. The zero-order valence-electron chi connectivity index (χ0n) is 22.0. The van der Waals surface area contributed by atoms with E-state index in [1.54, 1.807) is 16.8 Å². The molecule has 0 aliphatic carbocycles. The van der Waals surface area contributed by atoms with Crippen LogP contribution >= 0.6 is 11.3 Å². The summed E-state index contributed by atoms with van der Waals surface area (Å²) in [6.45, 7) is 6.37. The van der Waals surface area contributed by atoms with Crippen LogP contribution in [0.25, 0.3) is 22.0 Å². The van der Waals surface area contributed by atoms with Gasteiger partial charge < -0.3 is 10.3 Å². The molecule has 39 heavy (non-hydrogen) atoms. The predicted octanol–water partition coefficient (Wildman–Crippen LogP) is 4.69. The largest absolute Gasteiger partial charge is 0.366 e. The van der Waals surface area contributed by atoms with E-state index in [-0.39, 0.29) is 18.3 Å². The molecule has 0 bridgehead atoms. The molecule has 0 unspecified atom stereocenters. The van der Waals surface area contributed by atoms with Crippen molar-refractivity contribution in [3.63, 3.8) is 0 Å². The molecule has 2 aromatic carbocycles. The number of hydrogen-bond donors (Lipinski definition) is 1. The number of hydrogen-bond acceptors (Lipinski definition) is 5. The smallest absolute Gasteiger partial charge is 0.331 e. The number of benzene rings is 2. The van der Waals surface area contributed by atoms with E-state index < -0.39 is 11.5 Å². The first-order chi connectivity index (χ1) is 18.7. The molecule has 2 N–H and O–H groups in total. The Labute approximate surface area is 229 Å². The molecule has 0 atom stereocenters. The molecule has 0 aliphatic rings. The van der Waals surface area contributed by atoms with E-state index in [0.29, 0.717) is 28.4 Å². The number of carbonyl (C=O) groups excluding carboxylic acids is 1. The van der Waals surface area contributed by atoms with Crippen molar-refractivity contribution < 1.29 is 4.79 Å². The Balaban J connectivity index is 1.62. The predicted molar refractivity (Wildman–Crippen MR) is 154 cm³/mol. The van der Waals surface area contributed by atoms with Gasteiger partial charge in [0.25, 0.3) is 11.5 Å². The minimum Gasteiger partial charge on any atom is -0.366 e. The molecule has 0 saturated carbocycles. The lowest BCUT2D eigenvalue weighted by Gasteiger charge is -2.15. The Morgan fingerprint density at radius 1 is 0.949 bits per heavy atom. The van der Waals surface area contributed by atoms with Gasteiger partial charge in [-0.2, -0.15) is 0 Å². The Kier molecular flexibility index (Phi) is 7.17. The van der Waals surface area contributed by atoms with Gasteiger partial charge in [0.15, 0.2) is 0 Å². The van der Waals surface area contributed by atoms with Gasteiger partial charge in [-0.15, -0.1) is 11.3 Å². The number of thiazole rings is 1. The van der Waals surface area contributed by atoms with Crippen molar-refractivity contribution in [1.29, 1.82) is 0 Å². The summed E-state index contributed by atoms with van der Waals surface area (Å²) in [6, 6.07) is 21.0. The topological polar surface area (TPSA) is 105 Å². The van der Waals surface area contributed by atoms with Crippen LogP contribution in [0.5, 0.6) is 0 Å². The average molecular weight is 540 g/mol. The SMILES string of the molecule is Cc1c(C(N)=O)cc(-c2csc(-c3cn(C(C)C)c(=O)n(Cc4ccccc4)c3=O)n2)n1Cc1ccccc1. The van der Waals surface area contributed by atoms with Crippen molar-refractivity contribution in [3.05, 3.63) is 122 Å². The Bertz CT molecular complexity index is 1760. The molecule has 5 aromatic rings. The van der Waals surface area contributed by atoms with Crippen LogP contribution in [0.1, 0.15) is 47.1 Å². The van der Waals surface area contributed by atoms with Gasteiger partial charge in [0.05, 0.1) is 29.1 Å². The number of nitrogens with two attached hydrogens (primary N) is 1. The summed E-state index contributed by atoms with van der Waals surface area (Å²) in [5.41, 5.74) is 9.72. The zero-order valence-corrected chi connectivity index (χ0v) is 22.8. The summed E-state index contributed by atoms with van der Waals surface area (Å²) in [7, 11) is 0. The fraction of sp³-hybridized carbons (Fsp3) is 0.200. The highest BCUT2D eigenvalue weighted by molar-refractivity contribution is 7.13. The van der Waals surface area contributed by atoms with Crippen LogP contribution < -0.4 is 17.0 Å². The van der Waals surface area contributed by atoms with Gasteiger partial charge in [0, 0.05) is 29.9 Å². The number of rotatable bonds is 8. The molecule has 0 spiro atoms. The summed E-state index contributed by atoms with van der Waals surface area (Å²) in [4.78, 5) is 43.9. The molecule has 1 amide bonds. The maximum Gasteiger partial charge on any atom is 0.331 e. The Morgan fingerprint density at radius 3 is 2.10 bits per heavy atom. The van der Waals surface area contributed by atoms with E-state index in [4.69, 9.17) is 10.7 Å². The van der Waals surface area contributed by atoms with Crippen molar-refractivity contribution >= 4 is 17.2 Å². The molecule has 0 aliphatic heterocycles. The van der Waals surface area contributed by atoms with Crippen molar-refractivity contribution in [2.75, 3.05) is 0 Å². The van der Waals surface area contributed by atoms with E-state index in [9.17, 15) is 14.4 Å². The Hall–Kier alpha value is -4.50. The van der Waals surface area contributed by atoms with E-state index in [0.717, 1.165) is 22.5 Å². The normalized spacial score (nSPS) is 11.3. The van der Waals surface area contributed by atoms with Crippen molar-refractivity contribution in [1.82, 2.24) is 18.7 Å². The minimum atomic E-state index is -0.510. The fourth-order valence-electron chi connectivity index (χ4n) is 4.63. The number of amides is 1. The first kappa shape index (κ1) is 26.1. The highest BCUT2D eigenvalue weighted by atomic mass is 32.1. The molecule has 3 heterocycles. The van der Waals surface area contributed by atoms with E-state index in [1.807, 2.05) is 91.4 Å². The standard InChI is InChI=1S/C30H29N5O3S/c1-19(2)33-17-24(29(37)35(30(33)38)16-22-12-8-5-9-13-22)28-32-25(18-39-28)26-14-23(27(31)36)20(3)34(26)15-21-10-6-4-7-11-21/h4-14,17-19H,15-16H2,1-3H3,(H2,31,36). The second kappa shape index (κ2) is 10.7. The zero-order chi connectivity index (χ0) is 27.7. The molecule has 8 nitrogen and oxygen atoms in total. The van der Waals surface area contributed by atoms with Gasteiger partial charge in [0.2, 0.25) is 0 Å². The maximum atomic E-state index is 13.6. The number of primary amides is 1. The van der Waals surface area contributed by atoms with E-state index in [1.165, 1.54) is 15.9 Å². The molecule has 0 fully saturated rings. The second-order valence-corrected chi connectivity index (χ2v) is 10.6. The summed E-state index contributed by atoms with van der Waals surface area (Å²) >= 11 is 1.32. The van der Waals surface area contributed by atoms with Crippen molar-refractivity contribution in [2.45, 2.75) is 39.9 Å². The maximum absolute atomic E-state index is 13.6. The van der Waals surface area contributed by atoms with Crippen LogP contribution in [0.15, 0.2) is 87.9 Å². The number of carbonyl (C=O) groups is 1. The molecule has 198 valence electrons. The van der Waals surface area contributed by atoms with Gasteiger partial charge in [-0.3, -0.25) is 18.7 Å².